The minimum Gasteiger partial charge on any atom is -0.504 e. The molecule has 5 heteroatoms. The minimum absolute atomic E-state index is 0.104. The van der Waals surface area contributed by atoms with Crippen LogP contribution in [-0.2, 0) is 11.3 Å². The molecule has 1 aliphatic rings. The molecule has 1 aromatic carbocycles. The lowest BCUT2D eigenvalue weighted by Gasteiger charge is -2.29. The Balaban J connectivity index is 1.87. The molecule has 0 radical (unpaired) electrons. The summed E-state index contributed by atoms with van der Waals surface area (Å²) in [6.45, 7) is 4.77. The first-order valence-corrected chi connectivity index (χ1v) is 8.31. The molecule has 5 nitrogen and oxygen atoms in total. The van der Waals surface area contributed by atoms with Crippen LogP contribution in [0.25, 0.3) is 0 Å². The highest BCUT2D eigenvalue weighted by atomic mass is 16.5. The third-order valence-electron chi connectivity index (χ3n) is 4.73. The predicted molar refractivity (Wildman–Crippen MR) is 90.5 cm³/mol. The van der Waals surface area contributed by atoms with Crippen molar-refractivity contribution in [2.24, 2.45) is 11.8 Å². The van der Waals surface area contributed by atoms with Crippen LogP contribution in [0.1, 0.15) is 31.7 Å². The minimum atomic E-state index is 0.104. The second-order valence-electron chi connectivity index (χ2n) is 6.54. The summed E-state index contributed by atoms with van der Waals surface area (Å²) in [5.74, 6) is 1.68. The fourth-order valence-corrected chi connectivity index (χ4v) is 3.16. The van der Waals surface area contributed by atoms with Crippen LogP contribution in [0.2, 0.25) is 0 Å². The van der Waals surface area contributed by atoms with Gasteiger partial charge in [0.25, 0.3) is 0 Å². The van der Waals surface area contributed by atoms with Crippen molar-refractivity contribution in [2.75, 3.05) is 27.2 Å². The van der Waals surface area contributed by atoms with Crippen LogP contribution in [0.3, 0.4) is 0 Å². The molecule has 2 N–H and O–H groups in total. The summed E-state index contributed by atoms with van der Waals surface area (Å²) in [4.78, 5) is 14.2. The Labute approximate surface area is 138 Å². The van der Waals surface area contributed by atoms with Gasteiger partial charge in [-0.2, -0.15) is 0 Å². The zero-order valence-corrected chi connectivity index (χ0v) is 14.3. The topological polar surface area (TPSA) is 61.8 Å². The third kappa shape index (κ3) is 4.86. The first-order chi connectivity index (χ1) is 11.0. The zero-order valence-electron chi connectivity index (χ0n) is 14.3. The number of nitrogens with zero attached hydrogens (tertiary/aromatic N) is 1. The van der Waals surface area contributed by atoms with Gasteiger partial charge in [-0.3, -0.25) is 4.79 Å². The second kappa shape index (κ2) is 8.20. The largest absolute Gasteiger partial charge is 0.504 e. The molecule has 0 aromatic heterocycles. The number of piperidine rings is 1. The van der Waals surface area contributed by atoms with E-state index in [1.807, 2.05) is 13.1 Å². The predicted octanol–water partition coefficient (Wildman–Crippen LogP) is 2.39. The maximum absolute atomic E-state index is 12.4. The lowest BCUT2D eigenvalue weighted by atomic mass is 9.85. The molecule has 0 aliphatic carbocycles. The molecule has 2 unspecified atom stereocenters. The van der Waals surface area contributed by atoms with Gasteiger partial charge in [0.15, 0.2) is 11.5 Å². The monoisotopic (exact) mass is 320 g/mol. The van der Waals surface area contributed by atoms with Crippen molar-refractivity contribution in [2.45, 2.75) is 32.7 Å². The van der Waals surface area contributed by atoms with Gasteiger partial charge in [-0.15, -0.1) is 0 Å². The van der Waals surface area contributed by atoms with Gasteiger partial charge in [-0.25, -0.2) is 0 Å². The van der Waals surface area contributed by atoms with Gasteiger partial charge in [0.05, 0.1) is 7.11 Å². The smallest absolute Gasteiger partial charge is 0.222 e. The van der Waals surface area contributed by atoms with E-state index in [-0.39, 0.29) is 11.7 Å². The molecule has 2 rings (SSSR count). The Morgan fingerprint density at radius 3 is 2.91 bits per heavy atom. The van der Waals surface area contributed by atoms with E-state index in [9.17, 15) is 9.90 Å². The van der Waals surface area contributed by atoms with Gasteiger partial charge in [-0.1, -0.05) is 13.0 Å². The van der Waals surface area contributed by atoms with E-state index in [2.05, 4.69) is 12.2 Å². The summed E-state index contributed by atoms with van der Waals surface area (Å²) < 4.78 is 5.04. The first-order valence-electron chi connectivity index (χ1n) is 8.31. The molecular formula is C18H28N2O3. The molecule has 1 saturated heterocycles. The van der Waals surface area contributed by atoms with Crippen LogP contribution in [0.5, 0.6) is 11.5 Å². The van der Waals surface area contributed by atoms with Gasteiger partial charge in [-0.05, 0) is 55.5 Å². The average Bonchev–Trinajstić information content (AvgIpc) is 2.55. The van der Waals surface area contributed by atoms with Crippen LogP contribution in [-0.4, -0.2) is 43.2 Å². The summed E-state index contributed by atoms with van der Waals surface area (Å²) >= 11 is 0. The number of carbonyl (C=O) groups is 1. The maximum atomic E-state index is 12.4. The van der Waals surface area contributed by atoms with Crippen molar-refractivity contribution in [3.8, 4) is 11.5 Å². The number of nitrogens with one attached hydrogen (secondary N) is 1. The molecule has 1 fully saturated rings. The molecular weight excluding hydrogens is 292 g/mol. The van der Waals surface area contributed by atoms with Gasteiger partial charge in [0.2, 0.25) is 5.91 Å². The van der Waals surface area contributed by atoms with E-state index in [0.29, 0.717) is 30.6 Å². The van der Waals surface area contributed by atoms with Crippen LogP contribution in [0.15, 0.2) is 18.2 Å². The van der Waals surface area contributed by atoms with E-state index >= 15 is 0 Å². The van der Waals surface area contributed by atoms with Crippen molar-refractivity contribution in [3.05, 3.63) is 23.8 Å². The number of amides is 1. The number of hydrogen-bond donors (Lipinski definition) is 2. The van der Waals surface area contributed by atoms with Gasteiger partial charge < -0.3 is 20.1 Å². The standard InChI is InChI=1S/C18H28N2O3/c1-13(15-5-4-8-19-11-15)9-18(22)20(2)12-14-6-7-17(23-3)16(21)10-14/h6-7,10,13,15,19,21H,4-5,8-9,11-12H2,1-3H3. The summed E-state index contributed by atoms with van der Waals surface area (Å²) in [5.41, 5.74) is 0.895. The third-order valence-corrected chi connectivity index (χ3v) is 4.73. The lowest BCUT2D eigenvalue weighted by molar-refractivity contribution is -0.131. The summed E-state index contributed by atoms with van der Waals surface area (Å²) in [6.07, 6.45) is 2.98. The number of benzene rings is 1. The Morgan fingerprint density at radius 2 is 2.30 bits per heavy atom. The van der Waals surface area contributed by atoms with Crippen molar-refractivity contribution in [3.63, 3.8) is 0 Å². The average molecular weight is 320 g/mol. The molecule has 1 amide bonds. The SMILES string of the molecule is COc1ccc(CN(C)C(=O)CC(C)C2CCCNC2)cc1O. The van der Waals surface area contributed by atoms with E-state index < -0.39 is 0 Å². The number of hydrogen-bond acceptors (Lipinski definition) is 4. The Bertz CT molecular complexity index is 527. The van der Waals surface area contributed by atoms with Crippen LogP contribution in [0.4, 0.5) is 0 Å². The number of phenols is 1. The highest BCUT2D eigenvalue weighted by molar-refractivity contribution is 5.76. The number of methoxy groups -OCH3 is 1. The molecule has 2 atom stereocenters. The molecule has 0 bridgehead atoms. The highest BCUT2D eigenvalue weighted by Crippen LogP contribution is 2.27. The van der Waals surface area contributed by atoms with Crippen molar-refractivity contribution < 1.29 is 14.6 Å². The number of aromatic hydroxyl groups is 1. The molecule has 23 heavy (non-hydrogen) atoms. The second-order valence-corrected chi connectivity index (χ2v) is 6.54. The zero-order chi connectivity index (χ0) is 16.8. The normalized spacial score (nSPS) is 19.2. The van der Waals surface area contributed by atoms with E-state index in [0.717, 1.165) is 18.7 Å². The fraction of sp³-hybridized carbons (Fsp3) is 0.611. The maximum Gasteiger partial charge on any atom is 0.222 e. The number of rotatable bonds is 6. The first kappa shape index (κ1) is 17.6. The molecule has 0 saturated carbocycles. The molecule has 1 aliphatic heterocycles. The van der Waals surface area contributed by atoms with E-state index in [1.165, 1.54) is 20.0 Å². The summed E-state index contributed by atoms with van der Waals surface area (Å²) in [7, 11) is 3.33. The van der Waals surface area contributed by atoms with Gasteiger partial charge in [0.1, 0.15) is 0 Å². The van der Waals surface area contributed by atoms with E-state index in [1.54, 1.807) is 17.0 Å². The number of ether oxygens (including phenoxy) is 1. The molecule has 1 heterocycles. The van der Waals surface area contributed by atoms with Crippen LogP contribution in [0, 0.1) is 11.8 Å². The van der Waals surface area contributed by atoms with E-state index in [4.69, 9.17) is 4.74 Å². The summed E-state index contributed by atoms with van der Waals surface area (Å²) in [6, 6.07) is 5.24. The van der Waals surface area contributed by atoms with Crippen molar-refractivity contribution in [1.82, 2.24) is 10.2 Å². The lowest BCUT2D eigenvalue weighted by Crippen LogP contribution is -2.36. The number of phenolic OH excluding ortho intramolecular Hbond substituents is 1. The van der Waals surface area contributed by atoms with Crippen LogP contribution >= 0.6 is 0 Å². The molecule has 128 valence electrons. The van der Waals surface area contributed by atoms with Crippen LogP contribution < -0.4 is 10.1 Å². The van der Waals surface area contributed by atoms with Gasteiger partial charge >= 0.3 is 0 Å². The van der Waals surface area contributed by atoms with Crippen molar-refractivity contribution in [1.29, 1.82) is 0 Å². The quantitative estimate of drug-likeness (QED) is 0.845. The highest BCUT2D eigenvalue weighted by Gasteiger charge is 2.23. The Morgan fingerprint density at radius 1 is 1.52 bits per heavy atom. The van der Waals surface area contributed by atoms with Gasteiger partial charge in [0, 0.05) is 20.0 Å². The fourth-order valence-electron chi connectivity index (χ4n) is 3.16. The number of carbonyl (C=O) groups excluding carboxylic acids is 1. The molecule has 1 aromatic rings. The Kier molecular flexibility index (Phi) is 6.28. The molecule has 0 spiro atoms. The van der Waals surface area contributed by atoms with Crippen molar-refractivity contribution >= 4 is 5.91 Å². The Hall–Kier alpha value is -1.75. The summed E-state index contributed by atoms with van der Waals surface area (Å²) in [5, 5.41) is 13.2.